The SMILES string of the molecule is Cl.Cl.Nc1ccccc1C(=O)N1CCCC(C(=O)Nc2ccc(Cl)cn2)C1. The van der Waals surface area contributed by atoms with Crippen LogP contribution in [0.5, 0.6) is 0 Å². The number of piperidine rings is 1. The summed E-state index contributed by atoms with van der Waals surface area (Å²) in [6.07, 6.45) is 2.98. The summed E-state index contributed by atoms with van der Waals surface area (Å²) in [6.45, 7) is 0.989. The minimum atomic E-state index is -0.278. The van der Waals surface area contributed by atoms with Gasteiger partial charge in [-0.3, -0.25) is 9.59 Å². The first-order valence-electron chi connectivity index (χ1n) is 8.11. The van der Waals surface area contributed by atoms with E-state index in [1.807, 2.05) is 0 Å². The van der Waals surface area contributed by atoms with Crippen LogP contribution in [0.2, 0.25) is 5.02 Å². The van der Waals surface area contributed by atoms with Gasteiger partial charge >= 0.3 is 0 Å². The number of aromatic nitrogens is 1. The van der Waals surface area contributed by atoms with E-state index < -0.39 is 0 Å². The van der Waals surface area contributed by atoms with E-state index in [2.05, 4.69) is 10.3 Å². The van der Waals surface area contributed by atoms with Gasteiger partial charge in [-0.2, -0.15) is 0 Å². The monoisotopic (exact) mass is 430 g/mol. The Morgan fingerprint density at radius 1 is 1.19 bits per heavy atom. The summed E-state index contributed by atoms with van der Waals surface area (Å²) in [5.41, 5.74) is 6.81. The lowest BCUT2D eigenvalue weighted by atomic mass is 9.96. The smallest absolute Gasteiger partial charge is 0.255 e. The molecule has 0 bridgehead atoms. The number of carbonyl (C=O) groups is 2. The van der Waals surface area contributed by atoms with Gasteiger partial charge in [0.15, 0.2) is 0 Å². The molecule has 1 aromatic heterocycles. The highest BCUT2D eigenvalue weighted by Crippen LogP contribution is 2.22. The maximum absolute atomic E-state index is 12.7. The molecular weight excluding hydrogens is 411 g/mol. The molecule has 146 valence electrons. The Bertz CT molecular complexity index is 786. The van der Waals surface area contributed by atoms with Crippen molar-refractivity contribution in [2.75, 3.05) is 24.1 Å². The first kappa shape index (κ1) is 23.0. The van der Waals surface area contributed by atoms with Crippen molar-refractivity contribution in [1.29, 1.82) is 0 Å². The van der Waals surface area contributed by atoms with E-state index in [1.165, 1.54) is 6.20 Å². The van der Waals surface area contributed by atoms with Crippen molar-refractivity contribution in [3.8, 4) is 0 Å². The Morgan fingerprint density at radius 3 is 2.59 bits per heavy atom. The van der Waals surface area contributed by atoms with Gasteiger partial charge in [-0.05, 0) is 37.1 Å². The minimum Gasteiger partial charge on any atom is -0.398 e. The Morgan fingerprint density at radius 2 is 1.93 bits per heavy atom. The molecule has 1 fully saturated rings. The van der Waals surface area contributed by atoms with Crippen LogP contribution < -0.4 is 11.1 Å². The number of nitrogens with two attached hydrogens (primary N) is 1. The van der Waals surface area contributed by atoms with Gasteiger partial charge in [0.25, 0.3) is 5.91 Å². The quantitative estimate of drug-likeness (QED) is 0.726. The number of nitrogens with one attached hydrogen (secondary N) is 1. The summed E-state index contributed by atoms with van der Waals surface area (Å²) in [4.78, 5) is 30.9. The van der Waals surface area contributed by atoms with Crippen LogP contribution in [0.15, 0.2) is 42.6 Å². The fraction of sp³-hybridized carbons (Fsp3) is 0.278. The normalized spacial score (nSPS) is 15.9. The van der Waals surface area contributed by atoms with Gasteiger partial charge in [-0.15, -0.1) is 24.8 Å². The molecule has 0 spiro atoms. The predicted octanol–water partition coefficient (Wildman–Crippen LogP) is 3.65. The summed E-state index contributed by atoms with van der Waals surface area (Å²) in [5.74, 6) is -0.112. The molecule has 3 rings (SSSR count). The maximum Gasteiger partial charge on any atom is 0.255 e. The second kappa shape index (κ2) is 10.3. The van der Waals surface area contributed by atoms with E-state index in [0.29, 0.717) is 35.2 Å². The number of nitrogens with zero attached hydrogens (tertiary/aromatic N) is 2. The Balaban J connectivity index is 0.00000182. The van der Waals surface area contributed by atoms with Gasteiger partial charge in [0.2, 0.25) is 5.91 Å². The summed E-state index contributed by atoms with van der Waals surface area (Å²) < 4.78 is 0. The van der Waals surface area contributed by atoms with Crippen LogP contribution in [0.25, 0.3) is 0 Å². The van der Waals surface area contributed by atoms with Crippen LogP contribution in [-0.2, 0) is 4.79 Å². The molecule has 27 heavy (non-hydrogen) atoms. The molecule has 0 aliphatic carbocycles. The highest BCUT2D eigenvalue weighted by atomic mass is 35.5. The molecule has 6 nitrogen and oxygen atoms in total. The van der Waals surface area contributed by atoms with Crippen molar-refractivity contribution in [2.24, 2.45) is 5.92 Å². The van der Waals surface area contributed by atoms with Gasteiger partial charge in [0, 0.05) is 25.0 Å². The van der Waals surface area contributed by atoms with Gasteiger partial charge in [0.1, 0.15) is 5.82 Å². The fourth-order valence-electron chi connectivity index (χ4n) is 2.92. The van der Waals surface area contributed by atoms with Crippen molar-refractivity contribution in [3.05, 3.63) is 53.2 Å². The molecule has 2 heterocycles. The van der Waals surface area contributed by atoms with Crippen molar-refractivity contribution < 1.29 is 9.59 Å². The standard InChI is InChI=1S/C18H19ClN4O2.2ClH/c19-13-7-8-16(21-10-13)22-17(24)12-4-3-9-23(11-12)18(25)14-5-1-2-6-15(14)20;;/h1-2,5-8,10,12H,3-4,9,11,20H2,(H,21,22,24);2*1H. The van der Waals surface area contributed by atoms with Gasteiger partial charge in [-0.25, -0.2) is 4.98 Å². The predicted molar refractivity (Wildman–Crippen MR) is 112 cm³/mol. The molecule has 2 amide bonds. The second-order valence-corrected chi connectivity index (χ2v) is 6.46. The number of amides is 2. The zero-order valence-corrected chi connectivity index (χ0v) is 16.8. The first-order chi connectivity index (χ1) is 12.0. The third kappa shape index (κ3) is 5.73. The van der Waals surface area contributed by atoms with Crippen molar-refractivity contribution in [1.82, 2.24) is 9.88 Å². The van der Waals surface area contributed by atoms with E-state index in [1.54, 1.807) is 41.3 Å². The number of hydrogen-bond donors (Lipinski definition) is 2. The average Bonchev–Trinajstić information content (AvgIpc) is 2.63. The highest BCUT2D eigenvalue weighted by molar-refractivity contribution is 6.30. The maximum atomic E-state index is 12.7. The topological polar surface area (TPSA) is 88.3 Å². The van der Waals surface area contributed by atoms with Crippen LogP contribution in [0.1, 0.15) is 23.2 Å². The van der Waals surface area contributed by atoms with E-state index in [9.17, 15) is 9.59 Å². The molecule has 1 aliphatic heterocycles. The highest BCUT2D eigenvalue weighted by Gasteiger charge is 2.29. The van der Waals surface area contributed by atoms with Crippen LogP contribution in [0, 0.1) is 5.92 Å². The largest absolute Gasteiger partial charge is 0.398 e. The Kier molecular flexibility index (Phi) is 8.82. The van der Waals surface area contributed by atoms with Gasteiger partial charge in [0.05, 0.1) is 16.5 Å². The number of benzene rings is 1. The number of likely N-dealkylation sites (tertiary alicyclic amines) is 1. The third-order valence-corrected chi connectivity index (χ3v) is 4.47. The molecule has 1 aliphatic rings. The van der Waals surface area contributed by atoms with Crippen molar-refractivity contribution >= 4 is 59.7 Å². The number of pyridine rings is 1. The fourth-order valence-corrected chi connectivity index (χ4v) is 3.03. The van der Waals surface area contributed by atoms with Crippen LogP contribution in [-0.4, -0.2) is 34.8 Å². The third-order valence-electron chi connectivity index (χ3n) is 4.25. The molecule has 9 heteroatoms. The first-order valence-corrected chi connectivity index (χ1v) is 8.48. The zero-order valence-electron chi connectivity index (χ0n) is 14.4. The zero-order chi connectivity index (χ0) is 17.8. The summed E-state index contributed by atoms with van der Waals surface area (Å²) in [6, 6.07) is 10.3. The molecule has 3 N–H and O–H groups in total. The number of nitrogen functional groups attached to an aromatic ring is 1. The van der Waals surface area contributed by atoms with Crippen molar-refractivity contribution in [2.45, 2.75) is 12.8 Å². The van der Waals surface area contributed by atoms with Crippen LogP contribution in [0.3, 0.4) is 0 Å². The molecule has 0 saturated carbocycles. The molecular formula is C18H21Cl3N4O2. The molecule has 1 unspecified atom stereocenters. The molecule has 0 radical (unpaired) electrons. The summed E-state index contributed by atoms with van der Waals surface area (Å²) >= 11 is 5.79. The van der Waals surface area contributed by atoms with E-state index >= 15 is 0 Å². The lowest BCUT2D eigenvalue weighted by Gasteiger charge is -2.32. The van der Waals surface area contributed by atoms with Gasteiger partial charge < -0.3 is 16.0 Å². The Hall–Kier alpha value is -2.02. The molecule has 1 aromatic carbocycles. The number of rotatable bonds is 3. The number of para-hydroxylation sites is 1. The number of carbonyl (C=O) groups excluding carboxylic acids is 2. The average molecular weight is 432 g/mol. The summed E-state index contributed by atoms with van der Waals surface area (Å²) in [7, 11) is 0. The van der Waals surface area contributed by atoms with Crippen LogP contribution >= 0.6 is 36.4 Å². The lowest BCUT2D eigenvalue weighted by molar-refractivity contribution is -0.121. The van der Waals surface area contributed by atoms with E-state index in [0.717, 1.165) is 12.8 Å². The molecule has 2 aromatic rings. The number of halogens is 3. The molecule has 1 saturated heterocycles. The Labute approximate surface area is 175 Å². The minimum absolute atomic E-state index is 0. The van der Waals surface area contributed by atoms with E-state index in [4.69, 9.17) is 17.3 Å². The second-order valence-electron chi connectivity index (χ2n) is 6.03. The van der Waals surface area contributed by atoms with Crippen LogP contribution in [0.4, 0.5) is 11.5 Å². The number of anilines is 2. The summed E-state index contributed by atoms with van der Waals surface area (Å²) in [5, 5.41) is 3.29. The number of hydrogen-bond acceptors (Lipinski definition) is 4. The van der Waals surface area contributed by atoms with E-state index in [-0.39, 0.29) is 42.5 Å². The lowest BCUT2D eigenvalue weighted by Crippen LogP contribution is -2.44. The van der Waals surface area contributed by atoms with Crippen molar-refractivity contribution in [3.63, 3.8) is 0 Å². The molecule has 1 atom stereocenters. The van der Waals surface area contributed by atoms with Gasteiger partial charge in [-0.1, -0.05) is 23.7 Å².